The predicted octanol–water partition coefficient (Wildman–Crippen LogP) is 1.22. The summed E-state index contributed by atoms with van der Waals surface area (Å²) in [5, 5.41) is 20.1. The van der Waals surface area contributed by atoms with Crippen molar-refractivity contribution in [2.45, 2.75) is 6.18 Å². The molecule has 0 radical (unpaired) electrons. The second-order valence-electron chi connectivity index (χ2n) is 4.73. The summed E-state index contributed by atoms with van der Waals surface area (Å²) in [5.74, 6) is -2.25. The summed E-state index contributed by atoms with van der Waals surface area (Å²) in [6.45, 7) is 0. The maximum Gasteiger partial charge on any atom is 0.416 e. The molecule has 0 saturated carbocycles. The molecular formula is C16H14F3N3O4. The molecule has 10 heteroatoms. The molecular weight excluding hydrogens is 355 g/mol. The number of carboxylic acids is 2. The van der Waals surface area contributed by atoms with Crippen LogP contribution in [-0.2, 0) is 15.8 Å². The van der Waals surface area contributed by atoms with Gasteiger partial charge in [0.1, 0.15) is 11.9 Å². The fourth-order valence-corrected chi connectivity index (χ4v) is 1.58. The summed E-state index contributed by atoms with van der Waals surface area (Å²) in [4.78, 5) is 21.8. The third-order valence-corrected chi connectivity index (χ3v) is 2.67. The number of benzene rings is 1. The molecule has 26 heavy (non-hydrogen) atoms. The Labute approximate surface area is 145 Å². The number of H-pyrrole nitrogens is 1. The number of pyridine rings is 1. The van der Waals surface area contributed by atoms with Crippen molar-refractivity contribution in [1.29, 1.82) is 0 Å². The van der Waals surface area contributed by atoms with Gasteiger partial charge in [-0.25, -0.2) is 15.1 Å². The number of hydrogen-bond donors (Lipinski definition) is 3. The standard InChI is InChI=1S/C12H10F3N3.C4H4O4/c13-12(14,15)8-2-1-3-10(6-8)18-11-5-4-9(16)7-17-11;5-3(6)1-2-4(7)8/h1-7H,16H2,(H,17,18);1-2H,(H,5,6)(H,7,8)/b;2-1+. The molecule has 5 N–H and O–H groups in total. The van der Waals surface area contributed by atoms with E-state index in [9.17, 15) is 27.9 Å². The summed E-state index contributed by atoms with van der Waals surface area (Å²) < 4.78 is 37.5. The molecule has 0 atom stereocenters. The molecule has 1 heterocycles. The predicted molar refractivity (Wildman–Crippen MR) is 83.9 cm³/mol. The van der Waals surface area contributed by atoms with Crippen LogP contribution in [0.15, 0.2) is 54.7 Å². The number of carbonyl (C=O) groups excluding carboxylic acids is 1. The number of aromatic nitrogens is 1. The molecule has 0 saturated heterocycles. The van der Waals surface area contributed by atoms with Gasteiger partial charge in [-0.15, -0.1) is 0 Å². The number of halogens is 3. The van der Waals surface area contributed by atoms with Crippen molar-refractivity contribution in [2.24, 2.45) is 0 Å². The summed E-state index contributed by atoms with van der Waals surface area (Å²) in [6.07, 6.45) is -1.85. The summed E-state index contributed by atoms with van der Waals surface area (Å²) in [6, 6.07) is 8.27. The Hall–Kier alpha value is -3.56. The van der Waals surface area contributed by atoms with Crippen LogP contribution in [0.4, 0.5) is 30.4 Å². The van der Waals surface area contributed by atoms with Gasteiger partial charge in [0, 0.05) is 12.1 Å². The van der Waals surface area contributed by atoms with Crippen molar-refractivity contribution in [3.63, 3.8) is 0 Å². The number of carbonyl (C=O) groups is 2. The van der Waals surface area contributed by atoms with Crippen molar-refractivity contribution < 1.29 is 38.0 Å². The van der Waals surface area contributed by atoms with Crippen LogP contribution in [0.1, 0.15) is 5.56 Å². The highest BCUT2D eigenvalue weighted by Gasteiger charge is 2.30. The highest BCUT2D eigenvalue weighted by molar-refractivity contribution is 5.88. The molecule has 0 amide bonds. The SMILES string of the molecule is Nc1ccc(Nc2cccc(C(F)(F)F)c2)[nH+]c1.O=C([O-])/C=C/C(=O)O. The molecule has 138 valence electrons. The Morgan fingerprint density at radius 2 is 1.88 bits per heavy atom. The largest absolute Gasteiger partial charge is 0.545 e. The summed E-state index contributed by atoms with van der Waals surface area (Å²) in [5.41, 5.74) is 5.70. The molecule has 0 aliphatic carbocycles. The van der Waals surface area contributed by atoms with E-state index in [0.29, 0.717) is 29.3 Å². The Morgan fingerprint density at radius 1 is 1.19 bits per heavy atom. The second kappa shape index (κ2) is 9.06. The maximum atomic E-state index is 12.5. The Kier molecular flexibility index (Phi) is 7.14. The van der Waals surface area contributed by atoms with Crippen LogP contribution in [0.5, 0.6) is 0 Å². The van der Waals surface area contributed by atoms with Crippen LogP contribution in [0.25, 0.3) is 0 Å². The molecule has 0 fully saturated rings. The van der Waals surface area contributed by atoms with Crippen LogP contribution < -0.4 is 21.1 Å². The van der Waals surface area contributed by atoms with E-state index < -0.39 is 23.7 Å². The second-order valence-corrected chi connectivity index (χ2v) is 4.73. The number of nitrogens with one attached hydrogen (secondary N) is 2. The van der Waals surface area contributed by atoms with E-state index in [1.54, 1.807) is 24.4 Å². The van der Waals surface area contributed by atoms with Gasteiger partial charge in [0.05, 0.1) is 17.2 Å². The van der Waals surface area contributed by atoms with E-state index in [4.69, 9.17) is 10.8 Å². The first-order valence-corrected chi connectivity index (χ1v) is 6.91. The Balaban J connectivity index is 0.000000359. The molecule has 0 bridgehead atoms. The van der Waals surface area contributed by atoms with Crippen molar-refractivity contribution in [3.8, 4) is 0 Å². The zero-order valence-electron chi connectivity index (χ0n) is 13.1. The maximum absolute atomic E-state index is 12.5. The molecule has 1 aromatic heterocycles. The van der Waals surface area contributed by atoms with E-state index in [-0.39, 0.29) is 0 Å². The minimum absolute atomic E-state index is 0.353. The number of alkyl halides is 3. The molecule has 2 aromatic rings. The monoisotopic (exact) mass is 369 g/mol. The first kappa shape index (κ1) is 20.5. The van der Waals surface area contributed by atoms with Crippen molar-refractivity contribution in [2.75, 3.05) is 11.1 Å². The van der Waals surface area contributed by atoms with Crippen LogP contribution >= 0.6 is 0 Å². The van der Waals surface area contributed by atoms with E-state index in [1.165, 1.54) is 6.07 Å². The van der Waals surface area contributed by atoms with Gasteiger partial charge in [-0.3, -0.25) is 0 Å². The van der Waals surface area contributed by atoms with Crippen LogP contribution in [0.3, 0.4) is 0 Å². The lowest BCUT2D eigenvalue weighted by Gasteiger charge is -2.07. The zero-order valence-corrected chi connectivity index (χ0v) is 13.1. The zero-order chi connectivity index (χ0) is 19.7. The Bertz CT molecular complexity index is 774. The van der Waals surface area contributed by atoms with Crippen LogP contribution in [0.2, 0.25) is 0 Å². The highest BCUT2D eigenvalue weighted by Crippen LogP contribution is 2.31. The van der Waals surface area contributed by atoms with Crippen LogP contribution in [0, 0.1) is 0 Å². The third kappa shape index (κ3) is 7.81. The fourth-order valence-electron chi connectivity index (χ4n) is 1.58. The average molecular weight is 369 g/mol. The van der Waals surface area contributed by atoms with Gasteiger partial charge >= 0.3 is 12.1 Å². The number of aliphatic carboxylic acids is 2. The number of carboxylic acid groups (broad SMARTS) is 2. The smallest absolute Gasteiger partial charge is 0.416 e. The molecule has 0 spiro atoms. The van der Waals surface area contributed by atoms with Gasteiger partial charge in [-0.1, -0.05) is 6.07 Å². The lowest BCUT2D eigenvalue weighted by molar-refractivity contribution is -0.359. The van der Waals surface area contributed by atoms with Gasteiger partial charge in [0.25, 0.3) is 5.82 Å². The lowest BCUT2D eigenvalue weighted by atomic mass is 10.2. The minimum Gasteiger partial charge on any atom is -0.545 e. The van der Waals surface area contributed by atoms with Gasteiger partial charge in [-0.2, -0.15) is 13.2 Å². The first-order valence-electron chi connectivity index (χ1n) is 6.91. The van der Waals surface area contributed by atoms with E-state index >= 15 is 0 Å². The molecule has 1 aromatic carbocycles. The summed E-state index contributed by atoms with van der Waals surface area (Å²) >= 11 is 0. The minimum atomic E-state index is -4.34. The number of rotatable bonds is 4. The van der Waals surface area contributed by atoms with E-state index in [1.807, 2.05) is 0 Å². The van der Waals surface area contributed by atoms with E-state index in [0.717, 1.165) is 12.1 Å². The average Bonchev–Trinajstić information content (AvgIpc) is 2.55. The number of anilines is 3. The summed E-state index contributed by atoms with van der Waals surface area (Å²) in [7, 11) is 0. The topological polar surface area (TPSA) is 130 Å². The number of nitrogen functional groups attached to an aromatic ring is 1. The number of aromatic amines is 1. The van der Waals surface area contributed by atoms with Gasteiger partial charge < -0.3 is 20.7 Å². The van der Waals surface area contributed by atoms with Crippen molar-refractivity contribution in [3.05, 3.63) is 60.3 Å². The van der Waals surface area contributed by atoms with Gasteiger partial charge in [0.15, 0.2) is 0 Å². The molecule has 7 nitrogen and oxygen atoms in total. The Morgan fingerprint density at radius 3 is 2.35 bits per heavy atom. The van der Waals surface area contributed by atoms with Gasteiger partial charge in [-0.05, 0) is 30.3 Å². The molecule has 0 unspecified atom stereocenters. The molecule has 2 rings (SSSR count). The quantitative estimate of drug-likeness (QED) is 0.695. The van der Waals surface area contributed by atoms with Crippen molar-refractivity contribution >= 4 is 29.1 Å². The van der Waals surface area contributed by atoms with Crippen LogP contribution in [-0.4, -0.2) is 17.0 Å². The van der Waals surface area contributed by atoms with Gasteiger partial charge in [0.2, 0.25) is 0 Å². The first-order chi connectivity index (χ1) is 12.1. The highest BCUT2D eigenvalue weighted by atomic mass is 19.4. The fraction of sp³-hybridized carbons (Fsp3) is 0.0625. The molecule has 0 aliphatic heterocycles. The number of nitrogens with two attached hydrogens (primary N) is 1. The number of hydrogen-bond acceptors (Lipinski definition) is 5. The molecule has 0 aliphatic rings. The third-order valence-electron chi connectivity index (χ3n) is 2.67. The van der Waals surface area contributed by atoms with E-state index in [2.05, 4.69) is 10.3 Å². The normalized spacial score (nSPS) is 10.7. The van der Waals surface area contributed by atoms with Crippen molar-refractivity contribution in [1.82, 2.24) is 0 Å². The lowest BCUT2D eigenvalue weighted by Crippen LogP contribution is -2.19.